The van der Waals surface area contributed by atoms with E-state index in [1.165, 1.54) is 0 Å². The van der Waals surface area contributed by atoms with Gasteiger partial charge in [0, 0.05) is 32.3 Å². The lowest BCUT2D eigenvalue weighted by Gasteiger charge is -2.39. The number of rotatable bonds is 3. The molecule has 1 saturated heterocycles. The van der Waals surface area contributed by atoms with Gasteiger partial charge < -0.3 is 19.5 Å². The van der Waals surface area contributed by atoms with Crippen LogP contribution in [-0.2, 0) is 26.3 Å². The zero-order valence-electron chi connectivity index (χ0n) is 15.3. The molecule has 0 bridgehead atoms. The number of nitrogens with one attached hydrogen (secondary N) is 2. The van der Waals surface area contributed by atoms with Crippen LogP contribution in [0.3, 0.4) is 0 Å². The van der Waals surface area contributed by atoms with Crippen LogP contribution in [-0.4, -0.2) is 77.5 Å². The van der Waals surface area contributed by atoms with Crippen LogP contribution in [0.15, 0.2) is 6.33 Å². The molecule has 3 heterocycles. The number of aromatic nitrogens is 2. The van der Waals surface area contributed by atoms with Gasteiger partial charge in [0.05, 0.1) is 43.4 Å². The van der Waals surface area contributed by atoms with Gasteiger partial charge in [-0.05, 0) is 12.8 Å². The van der Waals surface area contributed by atoms with Crippen molar-refractivity contribution in [3.8, 4) is 0 Å². The van der Waals surface area contributed by atoms with Crippen LogP contribution in [0.5, 0.6) is 0 Å². The lowest BCUT2D eigenvalue weighted by Crippen LogP contribution is -2.58. The van der Waals surface area contributed by atoms with E-state index in [-0.39, 0.29) is 29.9 Å². The Balaban J connectivity index is 1.44. The van der Waals surface area contributed by atoms with Crippen molar-refractivity contribution in [2.45, 2.75) is 43.7 Å². The van der Waals surface area contributed by atoms with Crippen molar-refractivity contribution in [1.82, 2.24) is 25.1 Å². The van der Waals surface area contributed by atoms with Gasteiger partial charge in [-0.3, -0.25) is 14.9 Å². The predicted molar refractivity (Wildman–Crippen MR) is 94.4 cm³/mol. The first-order valence-electron chi connectivity index (χ1n) is 9.50. The number of H-pyrrole nitrogens is 1. The number of imidazole rings is 1. The Labute approximate surface area is 153 Å². The third kappa shape index (κ3) is 3.12. The number of ether oxygens (including phenoxy) is 1. The monoisotopic (exact) mass is 361 g/mol. The van der Waals surface area contributed by atoms with E-state index in [1.54, 1.807) is 23.2 Å². The topological polar surface area (TPSA) is 90.6 Å². The van der Waals surface area contributed by atoms with Gasteiger partial charge in [0.15, 0.2) is 0 Å². The van der Waals surface area contributed by atoms with Crippen molar-refractivity contribution in [3.05, 3.63) is 17.7 Å². The molecule has 1 aromatic rings. The molecular weight excluding hydrogens is 334 g/mol. The summed E-state index contributed by atoms with van der Waals surface area (Å²) in [6.45, 7) is 2.45. The zero-order chi connectivity index (χ0) is 18.1. The van der Waals surface area contributed by atoms with Gasteiger partial charge in [0.25, 0.3) is 0 Å². The fourth-order valence-corrected chi connectivity index (χ4v) is 4.51. The normalized spacial score (nSPS) is 24.5. The van der Waals surface area contributed by atoms with Crippen molar-refractivity contribution in [3.63, 3.8) is 0 Å². The lowest BCUT2D eigenvalue weighted by atomic mass is 9.84. The summed E-state index contributed by atoms with van der Waals surface area (Å²) >= 11 is 0. The summed E-state index contributed by atoms with van der Waals surface area (Å²) in [6.07, 6.45) is 6.62. The maximum absolute atomic E-state index is 13.0. The van der Waals surface area contributed by atoms with E-state index in [4.69, 9.17) is 4.74 Å². The Hall–Kier alpha value is -1.93. The molecule has 2 fully saturated rings. The summed E-state index contributed by atoms with van der Waals surface area (Å²) < 4.78 is 5.28. The van der Waals surface area contributed by atoms with Crippen molar-refractivity contribution in [2.24, 2.45) is 0 Å². The van der Waals surface area contributed by atoms with Crippen molar-refractivity contribution in [2.75, 3.05) is 39.9 Å². The van der Waals surface area contributed by atoms with E-state index in [0.29, 0.717) is 32.7 Å². The van der Waals surface area contributed by atoms with E-state index in [0.717, 1.165) is 37.1 Å². The second-order valence-electron chi connectivity index (χ2n) is 7.61. The summed E-state index contributed by atoms with van der Waals surface area (Å²) in [5.74, 6) is -0.0455. The average molecular weight is 361 g/mol. The summed E-state index contributed by atoms with van der Waals surface area (Å²) in [6, 6.07) is -0.316. The minimum absolute atomic E-state index is 0.0160. The molecule has 1 aliphatic carbocycles. The molecule has 1 spiro atoms. The number of amides is 2. The number of hydrogen-bond donors (Lipinski definition) is 2. The molecule has 2 amide bonds. The van der Waals surface area contributed by atoms with Gasteiger partial charge >= 0.3 is 0 Å². The SMILES string of the molecule is CN(CC(=O)N1CCOCC1)C(=O)[C@@H]1Cc2[nH]cnc2C2(CCCC2)N1. The Bertz CT molecular complexity index is 676. The number of carbonyl (C=O) groups is 2. The molecule has 0 unspecified atom stereocenters. The molecule has 142 valence electrons. The van der Waals surface area contributed by atoms with Crippen molar-refractivity contribution in [1.29, 1.82) is 0 Å². The molecule has 8 heteroatoms. The summed E-state index contributed by atoms with van der Waals surface area (Å²) in [4.78, 5) is 36.5. The largest absolute Gasteiger partial charge is 0.378 e. The van der Waals surface area contributed by atoms with Crippen LogP contribution in [0, 0.1) is 0 Å². The zero-order valence-corrected chi connectivity index (χ0v) is 15.3. The highest BCUT2D eigenvalue weighted by molar-refractivity contribution is 5.88. The summed E-state index contributed by atoms with van der Waals surface area (Å²) in [7, 11) is 1.71. The fourth-order valence-electron chi connectivity index (χ4n) is 4.51. The molecule has 1 aromatic heterocycles. The van der Waals surface area contributed by atoms with Crippen molar-refractivity contribution < 1.29 is 14.3 Å². The number of morpholine rings is 1. The van der Waals surface area contributed by atoms with E-state index in [9.17, 15) is 9.59 Å². The number of hydrogen-bond acceptors (Lipinski definition) is 5. The van der Waals surface area contributed by atoms with Gasteiger partial charge in [-0.25, -0.2) is 4.98 Å². The van der Waals surface area contributed by atoms with E-state index < -0.39 is 0 Å². The number of aromatic amines is 1. The van der Waals surface area contributed by atoms with Crippen LogP contribution in [0.2, 0.25) is 0 Å². The van der Waals surface area contributed by atoms with Gasteiger partial charge in [-0.2, -0.15) is 0 Å². The molecule has 8 nitrogen and oxygen atoms in total. The first-order chi connectivity index (χ1) is 12.6. The average Bonchev–Trinajstić information content (AvgIpc) is 3.32. The van der Waals surface area contributed by atoms with Crippen LogP contribution in [0.1, 0.15) is 37.1 Å². The Morgan fingerprint density at radius 1 is 1.35 bits per heavy atom. The van der Waals surface area contributed by atoms with E-state index in [1.807, 2.05) is 0 Å². The first-order valence-corrected chi connectivity index (χ1v) is 9.50. The third-order valence-electron chi connectivity index (χ3n) is 5.90. The molecule has 0 aromatic carbocycles. The number of fused-ring (bicyclic) bond motifs is 2. The number of likely N-dealkylation sites (N-methyl/N-ethyl adjacent to an activating group) is 1. The molecule has 2 aliphatic heterocycles. The Kier molecular flexibility index (Phi) is 4.71. The highest BCUT2D eigenvalue weighted by Gasteiger charge is 2.46. The van der Waals surface area contributed by atoms with Gasteiger partial charge in [0.2, 0.25) is 11.8 Å². The van der Waals surface area contributed by atoms with Crippen LogP contribution >= 0.6 is 0 Å². The van der Waals surface area contributed by atoms with Crippen LogP contribution in [0.25, 0.3) is 0 Å². The molecule has 1 saturated carbocycles. The maximum Gasteiger partial charge on any atom is 0.242 e. The molecule has 4 rings (SSSR count). The molecular formula is C18H27N5O3. The van der Waals surface area contributed by atoms with Crippen LogP contribution in [0.4, 0.5) is 0 Å². The second kappa shape index (κ2) is 7.00. The smallest absolute Gasteiger partial charge is 0.242 e. The molecule has 0 radical (unpaired) electrons. The van der Waals surface area contributed by atoms with Crippen molar-refractivity contribution >= 4 is 11.8 Å². The molecule has 26 heavy (non-hydrogen) atoms. The first kappa shape index (κ1) is 17.5. The maximum atomic E-state index is 13.0. The van der Waals surface area contributed by atoms with Crippen LogP contribution < -0.4 is 5.32 Å². The second-order valence-corrected chi connectivity index (χ2v) is 7.61. The fraction of sp³-hybridized carbons (Fsp3) is 0.722. The summed E-state index contributed by atoms with van der Waals surface area (Å²) in [5.41, 5.74) is 1.94. The van der Waals surface area contributed by atoms with Gasteiger partial charge in [0.1, 0.15) is 0 Å². The standard InChI is InChI=1S/C18H27N5O3/c1-22(11-15(24)23-6-8-26-9-7-23)17(25)14-10-13-16(20-12-19-13)18(21-14)4-2-3-5-18/h12,14,21H,2-11H2,1H3,(H,19,20)/t14-/m0/s1. The van der Waals surface area contributed by atoms with Gasteiger partial charge in [-0.1, -0.05) is 12.8 Å². The number of nitrogens with zero attached hydrogens (tertiary/aromatic N) is 3. The predicted octanol–water partition coefficient (Wildman–Crippen LogP) is 0.0105. The van der Waals surface area contributed by atoms with E-state index >= 15 is 0 Å². The number of carbonyl (C=O) groups excluding carboxylic acids is 2. The lowest BCUT2D eigenvalue weighted by molar-refractivity contribution is -0.143. The molecule has 2 N–H and O–H groups in total. The third-order valence-corrected chi connectivity index (χ3v) is 5.90. The summed E-state index contributed by atoms with van der Waals surface area (Å²) in [5, 5.41) is 3.59. The highest BCUT2D eigenvalue weighted by atomic mass is 16.5. The minimum Gasteiger partial charge on any atom is -0.378 e. The minimum atomic E-state index is -0.316. The quantitative estimate of drug-likeness (QED) is 0.792. The van der Waals surface area contributed by atoms with Gasteiger partial charge in [-0.15, -0.1) is 0 Å². The molecule has 3 aliphatic rings. The molecule has 1 atom stereocenters. The Morgan fingerprint density at radius 3 is 2.81 bits per heavy atom. The van der Waals surface area contributed by atoms with E-state index in [2.05, 4.69) is 15.3 Å². The highest BCUT2D eigenvalue weighted by Crippen LogP contribution is 2.42. The Morgan fingerprint density at radius 2 is 2.08 bits per heavy atom.